The zero-order valence-corrected chi connectivity index (χ0v) is 14.7. The summed E-state index contributed by atoms with van der Waals surface area (Å²) in [7, 11) is 0. The van der Waals surface area contributed by atoms with Gasteiger partial charge in [0.2, 0.25) is 5.78 Å². The van der Waals surface area contributed by atoms with E-state index in [0.717, 1.165) is 22.6 Å². The molecule has 1 aromatic carbocycles. The molecule has 0 radical (unpaired) electrons. The van der Waals surface area contributed by atoms with Crippen LogP contribution in [0.2, 0.25) is 0 Å². The lowest BCUT2D eigenvalue weighted by molar-refractivity contribution is 0.302. The minimum absolute atomic E-state index is 0.216. The third-order valence-electron chi connectivity index (χ3n) is 4.26. The van der Waals surface area contributed by atoms with Crippen LogP contribution in [-0.4, -0.2) is 14.4 Å². The molecular weight excluding hydrogens is 343 g/mol. The molecule has 1 aliphatic rings. The van der Waals surface area contributed by atoms with Crippen molar-refractivity contribution in [3.05, 3.63) is 89.9 Å². The molecular formula is C21H19FN4O. The number of rotatable bonds is 4. The van der Waals surface area contributed by atoms with Gasteiger partial charge in [0.25, 0.3) is 0 Å². The predicted molar refractivity (Wildman–Crippen MR) is 102 cm³/mol. The standard InChI is InChI=1S/C21H19FN4O/c22-16-6-4-5-9-19(20(23)10-16)15-11-24-21-25-17(13-26(21)12-15)14-27-18-7-2-1-3-8-18/h1-3,5,7-13H,4,6,14,23H2/b9-5?,16-10+,20-19-. The Morgan fingerprint density at radius 1 is 1.19 bits per heavy atom. The molecule has 5 nitrogen and oxygen atoms in total. The van der Waals surface area contributed by atoms with Crippen LogP contribution in [0.5, 0.6) is 5.75 Å². The number of benzene rings is 1. The van der Waals surface area contributed by atoms with Crippen molar-refractivity contribution in [2.24, 2.45) is 5.73 Å². The van der Waals surface area contributed by atoms with E-state index < -0.39 is 0 Å². The van der Waals surface area contributed by atoms with Gasteiger partial charge in [0.15, 0.2) is 0 Å². The number of aromatic nitrogens is 3. The molecule has 2 heterocycles. The highest BCUT2D eigenvalue weighted by atomic mass is 19.1. The molecule has 6 heteroatoms. The molecule has 0 amide bonds. The molecule has 0 spiro atoms. The summed E-state index contributed by atoms with van der Waals surface area (Å²) in [4.78, 5) is 8.87. The highest BCUT2D eigenvalue weighted by molar-refractivity contribution is 5.77. The first-order chi connectivity index (χ1) is 13.2. The van der Waals surface area contributed by atoms with Gasteiger partial charge in [0, 0.05) is 41.8 Å². The summed E-state index contributed by atoms with van der Waals surface area (Å²) in [6.07, 6.45) is 11.7. The van der Waals surface area contributed by atoms with Crippen LogP contribution < -0.4 is 10.5 Å². The zero-order chi connectivity index (χ0) is 18.6. The van der Waals surface area contributed by atoms with E-state index in [1.54, 1.807) is 6.20 Å². The van der Waals surface area contributed by atoms with E-state index >= 15 is 0 Å². The number of fused-ring (bicyclic) bond motifs is 1. The Labute approximate surface area is 156 Å². The normalized spacial score (nSPS) is 19.4. The Morgan fingerprint density at radius 2 is 2.04 bits per heavy atom. The number of hydrogen-bond donors (Lipinski definition) is 1. The average Bonchev–Trinajstić information content (AvgIpc) is 3.08. The largest absolute Gasteiger partial charge is 0.487 e. The van der Waals surface area contributed by atoms with Gasteiger partial charge in [-0.05, 0) is 24.6 Å². The second-order valence-corrected chi connectivity index (χ2v) is 6.29. The van der Waals surface area contributed by atoms with Crippen molar-refractivity contribution in [3.8, 4) is 5.75 Å². The van der Waals surface area contributed by atoms with Gasteiger partial charge in [-0.1, -0.05) is 30.4 Å². The Balaban J connectivity index is 1.62. The van der Waals surface area contributed by atoms with Crippen LogP contribution in [-0.2, 0) is 6.61 Å². The first-order valence-corrected chi connectivity index (χ1v) is 8.73. The van der Waals surface area contributed by atoms with Gasteiger partial charge in [-0.3, -0.25) is 4.40 Å². The highest BCUT2D eigenvalue weighted by Gasteiger charge is 2.10. The van der Waals surface area contributed by atoms with Gasteiger partial charge in [0.1, 0.15) is 18.2 Å². The molecule has 0 aliphatic heterocycles. The number of halogens is 1. The number of nitrogens with zero attached hydrogens (tertiary/aromatic N) is 3. The Bertz CT molecular complexity index is 1050. The van der Waals surface area contributed by atoms with E-state index in [0.29, 0.717) is 30.9 Å². The topological polar surface area (TPSA) is 65.4 Å². The Hall–Kier alpha value is -3.41. The molecule has 27 heavy (non-hydrogen) atoms. The summed E-state index contributed by atoms with van der Waals surface area (Å²) in [6, 6.07) is 9.58. The molecule has 4 rings (SSSR count). The molecule has 0 unspecified atom stereocenters. The first-order valence-electron chi connectivity index (χ1n) is 8.73. The smallest absolute Gasteiger partial charge is 0.234 e. The van der Waals surface area contributed by atoms with Gasteiger partial charge < -0.3 is 10.5 Å². The van der Waals surface area contributed by atoms with Crippen molar-refractivity contribution < 1.29 is 9.13 Å². The van der Waals surface area contributed by atoms with Gasteiger partial charge in [0.05, 0.1) is 5.69 Å². The van der Waals surface area contributed by atoms with Gasteiger partial charge in [-0.2, -0.15) is 0 Å². The lowest BCUT2D eigenvalue weighted by Gasteiger charge is -2.09. The minimum atomic E-state index is -0.216. The Morgan fingerprint density at radius 3 is 2.89 bits per heavy atom. The zero-order valence-electron chi connectivity index (χ0n) is 14.7. The van der Waals surface area contributed by atoms with Crippen molar-refractivity contribution in [1.29, 1.82) is 0 Å². The molecule has 0 fully saturated rings. The van der Waals surface area contributed by atoms with Gasteiger partial charge >= 0.3 is 0 Å². The highest BCUT2D eigenvalue weighted by Crippen LogP contribution is 2.23. The quantitative estimate of drug-likeness (QED) is 0.756. The molecule has 2 N–H and O–H groups in total. The third-order valence-corrected chi connectivity index (χ3v) is 4.26. The van der Waals surface area contributed by atoms with Gasteiger partial charge in [-0.25, -0.2) is 14.4 Å². The van der Waals surface area contributed by atoms with Crippen LogP contribution in [0, 0.1) is 0 Å². The van der Waals surface area contributed by atoms with E-state index in [4.69, 9.17) is 10.5 Å². The molecule has 1 aliphatic carbocycles. The summed E-state index contributed by atoms with van der Waals surface area (Å²) in [5.74, 6) is 1.14. The second kappa shape index (κ2) is 7.45. The van der Waals surface area contributed by atoms with Crippen LogP contribution in [0.1, 0.15) is 24.1 Å². The van der Waals surface area contributed by atoms with Crippen molar-refractivity contribution in [2.75, 3.05) is 0 Å². The molecule has 0 saturated heterocycles. The second-order valence-electron chi connectivity index (χ2n) is 6.29. The lowest BCUT2D eigenvalue weighted by atomic mass is 10.0. The third kappa shape index (κ3) is 3.89. The molecule has 2 aromatic heterocycles. The van der Waals surface area contributed by atoms with E-state index in [1.807, 2.05) is 59.3 Å². The van der Waals surface area contributed by atoms with E-state index in [2.05, 4.69) is 9.97 Å². The van der Waals surface area contributed by atoms with Crippen molar-refractivity contribution in [2.45, 2.75) is 19.4 Å². The maximum absolute atomic E-state index is 13.7. The maximum Gasteiger partial charge on any atom is 0.234 e. The van der Waals surface area contributed by atoms with Crippen LogP contribution >= 0.6 is 0 Å². The predicted octanol–water partition coefficient (Wildman–Crippen LogP) is 4.18. The van der Waals surface area contributed by atoms with Crippen LogP contribution in [0.3, 0.4) is 0 Å². The average molecular weight is 362 g/mol. The number of ether oxygens (including phenoxy) is 1. The molecule has 136 valence electrons. The fourth-order valence-corrected chi connectivity index (χ4v) is 2.92. The van der Waals surface area contributed by atoms with E-state index in [-0.39, 0.29) is 5.83 Å². The fourth-order valence-electron chi connectivity index (χ4n) is 2.92. The summed E-state index contributed by atoms with van der Waals surface area (Å²) in [5, 5.41) is 0. The van der Waals surface area contributed by atoms with Crippen molar-refractivity contribution >= 4 is 11.4 Å². The number of imidazole rings is 1. The maximum atomic E-state index is 13.7. The number of nitrogens with two attached hydrogens (primary N) is 1. The molecule has 3 aromatic rings. The number of allylic oxidation sites excluding steroid dienone is 5. The SMILES string of the molecule is NC1=C(\c2cnc3nc(COc4ccccc4)cn3c2)C=CCC/C(F)=C\1. The van der Waals surface area contributed by atoms with E-state index in [1.165, 1.54) is 6.08 Å². The molecule has 0 atom stereocenters. The lowest BCUT2D eigenvalue weighted by Crippen LogP contribution is -2.02. The monoisotopic (exact) mass is 362 g/mol. The fraction of sp³-hybridized carbons (Fsp3) is 0.143. The van der Waals surface area contributed by atoms with Crippen LogP contribution in [0.25, 0.3) is 11.4 Å². The summed E-state index contributed by atoms with van der Waals surface area (Å²) < 4.78 is 21.3. The summed E-state index contributed by atoms with van der Waals surface area (Å²) >= 11 is 0. The van der Waals surface area contributed by atoms with Gasteiger partial charge in [-0.15, -0.1) is 0 Å². The minimum Gasteiger partial charge on any atom is -0.487 e. The summed E-state index contributed by atoms with van der Waals surface area (Å²) in [5.41, 5.74) is 8.77. The number of hydrogen-bond acceptors (Lipinski definition) is 4. The molecule has 0 saturated carbocycles. The Kier molecular flexibility index (Phi) is 4.70. The van der Waals surface area contributed by atoms with Crippen molar-refractivity contribution in [3.63, 3.8) is 0 Å². The number of para-hydroxylation sites is 1. The van der Waals surface area contributed by atoms with Crippen molar-refractivity contribution in [1.82, 2.24) is 14.4 Å². The van der Waals surface area contributed by atoms with Crippen LogP contribution in [0.4, 0.5) is 4.39 Å². The first kappa shape index (κ1) is 17.0. The van der Waals surface area contributed by atoms with Crippen LogP contribution in [0.15, 0.2) is 78.7 Å². The molecule has 0 bridgehead atoms. The van der Waals surface area contributed by atoms with E-state index in [9.17, 15) is 4.39 Å². The summed E-state index contributed by atoms with van der Waals surface area (Å²) in [6.45, 7) is 0.349.